The number of nitrogens with two attached hydrogens (primary N) is 1. The van der Waals surface area contributed by atoms with E-state index in [0.717, 1.165) is 34.4 Å². The van der Waals surface area contributed by atoms with E-state index in [-0.39, 0.29) is 6.04 Å². The van der Waals surface area contributed by atoms with Gasteiger partial charge in [0.15, 0.2) is 0 Å². The molecule has 2 N–H and O–H groups in total. The SMILES string of the molecule is CCCCC[C@H](N)c1cc(OC)c(Br)cc1OC. The number of benzene rings is 1. The average molecular weight is 316 g/mol. The van der Waals surface area contributed by atoms with Gasteiger partial charge in [0.05, 0.1) is 18.7 Å². The Morgan fingerprint density at radius 3 is 2.39 bits per heavy atom. The van der Waals surface area contributed by atoms with Gasteiger partial charge in [0, 0.05) is 11.6 Å². The van der Waals surface area contributed by atoms with E-state index in [2.05, 4.69) is 22.9 Å². The normalized spacial score (nSPS) is 12.3. The average Bonchev–Trinajstić information content (AvgIpc) is 2.38. The van der Waals surface area contributed by atoms with Crippen LogP contribution in [0.5, 0.6) is 11.5 Å². The molecular weight excluding hydrogens is 294 g/mol. The highest BCUT2D eigenvalue weighted by Crippen LogP contribution is 2.36. The molecule has 1 atom stereocenters. The van der Waals surface area contributed by atoms with Crippen LogP contribution in [0.1, 0.15) is 44.2 Å². The molecule has 0 aliphatic rings. The van der Waals surface area contributed by atoms with E-state index in [0.29, 0.717) is 0 Å². The molecule has 0 saturated carbocycles. The van der Waals surface area contributed by atoms with Crippen LogP contribution in [0.3, 0.4) is 0 Å². The fourth-order valence-corrected chi connectivity index (χ4v) is 2.43. The number of hydrogen-bond acceptors (Lipinski definition) is 3. The fraction of sp³-hybridized carbons (Fsp3) is 0.571. The Labute approximate surface area is 118 Å². The summed E-state index contributed by atoms with van der Waals surface area (Å²) in [6.07, 6.45) is 4.52. The van der Waals surface area contributed by atoms with E-state index in [1.54, 1.807) is 14.2 Å². The fourth-order valence-electron chi connectivity index (χ4n) is 1.94. The summed E-state index contributed by atoms with van der Waals surface area (Å²) in [5.74, 6) is 1.60. The van der Waals surface area contributed by atoms with Crippen molar-refractivity contribution >= 4 is 15.9 Å². The molecule has 0 fully saturated rings. The molecule has 0 aliphatic carbocycles. The van der Waals surface area contributed by atoms with Crippen LogP contribution in [-0.2, 0) is 0 Å². The second kappa shape index (κ2) is 7.64. The Morgan fingerprint density at radius 1 is 1.17 bits per heavy atom. The van der Waals surface area contributed by atoms with Gasteiger partial charge in [-0.2, -0.15) is 0 Å². The molecule has 0 unspecified atom stereocenters. The topological polar surface area (TPSA) is 44.5 Å². The Balaban J connectivity index is 2.90. The largest absolute Gasteiger partial charge is 0.496 e. The number of unbranched alkanes of at least 4 members (excludes halogenated alkanes) is 2. The zero-order chi connectivity index (χ0) is 13.5. The van der Waals surface area contributed by atoms with Gasteiger partial charge in [-0.3, -0.25) is 0 Å². The zero-order valence-corrected chi connectivity index (χ0v) is 12.9. The van der Waals surface area contributed by atoms with Gasteiger partial charge < -0.3 is 15.2 Å². The number of methoxy groups -OCH3 is 2. The molecule has 0 heterocycles. The molecule has 1 rings (SSSR count). The second-order valence-corrected chi connectivity index (χ2v) is 5.19. The van der Waals surface area contributed by atoms with Gasteiger partial charge in [-0.05, 0) is 34.5 Å². The van der Waals surface area contributed by atoms with Crippen LogP contribution in [0.15, 0.2) is 16.6 Å². The quantitative estimate of drug-likeness (QED) is 0.772. The number of ether oxygens (including phenoxy) is 2. The Kier molecular flexibility index (Phi) is 6.50. The van der Waals surface area contributed by atoms with Crippen molar-refractivity contribution < 1.29 is 9.47 Å². The van der Waals surface area contributed by atoms with Gasteiger partial charge >= 0.3 is 0 Å². The molecule has 0 aromatic heterocycles. The predicted octanol–water partition coefficient (Wildman–Crippen LogP) is 4.05. The van der Waals surface area contributed by atoms with Gasteiger partial charge in [-0.25, -0.2) is 0 Å². The zero-order valence-electron chi connectivity index (χ0n) is 11.3. The summed E-state index contributed by atoms with van der Waals surface area (Å²) in [5, 5.41) is 0. The molecule has 0 saturated heterocycles. The molecule has 3 nitrogen and oxygen atoms in total. The molecule has 18 heavy (non-hydrogen) atoms. The van der Waals surface area contributed by atoms with Crippen molar-refractivity contribution in [2.45, 2.75) is 38.6 Å². The predicted molar refractivity (Wildman–Crippen MR) is 78.3 cm³/mol. The first kappa shape index (κ1) is 15.3. The van der Waals surface area contributed by atoms with E-state index in [4.69, 9.17) is 15.2 Å². The number of rotatable bonds is 7. The molecule has 0 bridgehead atoms. The molecule has 102 valence electrons. The Hall–Kier alpha value is -0.740. The second-order valence-electron chi connectivity index (χ2n) is 4.33. The summed E-state index contributed by atoms with van der Waals surface area (Å²) < 4.78 is 11.6. The standard InChI is InChI=1S/C14H22BrNO2/c1-4-5-6-7-12(16)10-8-14(18-3)11(15)9-13(10)17-2/h8-9,12H,4-7,16H2,1-3H3/t12-/m0/s1. The number of halogens is 1. The first-order valence-corrected chi connectivity index (χ1v) is 7.10. The van der Waals surface area contributed by atoms with Crippen molar-refractivity contribution in [1.29, 1.82) is 0 Å². The monoisotopic (exact) mass is 315 g/mol. The molecule has 0 amide bonds. The van der Waals surface area contributed by atoms with E-state index in [1.165, 1.54) is 12.8 Å². The summed E-state index contributed by atoms with van der Waals surface area (Å²) in [5.41, 5.74) is 7.24. The van der Waals surface area contributed by atoms with Gasteiger partial charge in [-0.1, -0.05) is 26.2 Å². The molecule has 4 heteroatoms. The van der Waals surface area contributed by atoms with Gasteiger partial charge in [-0.15, -0.1) is 0 Å². The van der Waals surface area contributed by atoms with Crippen molar-refractivity contribution in [3.05, 3.63) is 22.2 Å². The third-order valence-corrected chi connectivity index (χ3v) is 3.64. The molecule has 0 spiro atoms. The van der Waals surface area contributed by atoms with Crippen molar-refractivity contribution in [1.82, 2.24) is 0 Å². The molecule has 0 radical (unpaired) electrons. The van der Waals surface area contributed by atoms with E-state index < -0.39 is 0 Å². The maximum absolute atomic E-state index is 6.23. The summed E-state index contributed by atoms with van der Waals surface area (Å²) in [7, 11) is 3.31. The van der Waals surface area contributed by atoms with Gasteiger partial charge in [0.1, 0.15) is 11.5 Å². The van der Waals surface area contributed by atoms with Gasteiger partial charge in [0.25, 0.3) is 0 Å². The highest BCUT2D eigenvalue weighted by molar-refractivity contribution is 9.10. The highest BCUT2D eigenvalue weighted by atomic mass is 79.9. The van der Waals surface area contributed by atoms with Crippen LogP contribution in [0.4, 0.5) is 0 Å². The summed E-state index contributed by atoms with van der Waals surface area (Å²) in [6.45, 7) is 2.19. The molecule has 0 aliphatic heterocycles. The first-order chi connectivity index (χ1) is 8.63. The lowest BCUT2D eigenvalue weighted by atomic mass is 10.00. The van der Waals surface area contributed by atoms with Crippen LogP contribution in [0.25, 0.3) is 0 Å². The van der Waals surface area contributed by atoms with E-state index >= 15 is 0 Å². The summed E-state index contributed by atoms with van der Waals surface area (Å²) >= 11 is 3.45. The van der Waals surface area contributed by atoms with Gasteiger partial charge in [0.2, 0.25) is 0 Å². The summed E-state index contributed by atoms with van der Waals surface area (Å²) in [4.78, 5) is 0. The minimum atomic E-state index is -0.00602. The van der Waals surface area contributed by atoms with Crippen LogP contribution in [0, 0.1) is 0 Å². The third-order valence-electron chi connectivity index (χ3n) is 3.02. The van der Waals surface area contributed by atoms with Crippen molar-refractivity contribution in [3.63, 3.8) is 0 Å². The maximum atomic E-state index is 6.23. The smallest absolute Gasteiger partial charge is 0.133 e. The maximum Gasteiger partial charge on any atom is 0.133 e. The minimum absolute atomic E-state index is 0.00602. The highest BCUT2D eigenvalue weighted by Gasteiger charge is 2.15. The lowest BCUT2D eigenvalue weighted by Gasteiger charge is -2.17. The van der Waals surface area contributed by atoms with E-state index in [9.17, 15) is 0 Å². The van der Waals surface area contributed by atoms with Crippen LogP contribution >= 0.6 is 15.9 Å². The molecule has 1 aromatic rings. The Bertz CT molecular complexity index is 382. The van der Waals surface area contributed by atoms with Crippen LogP contribution in [0.2, 0.25) is 0 Å². The van der Waals surface area contributed by atoms with Crippen molar-refractivity contribution in [2.75, 3.05) is 14.2 Å². The lowest BCUT2D eigenvalue weighted by molar-refractivity contribution is 0.391. The third kappa shape index (κ3) is 3.89. The van der Waals surface area contributed by atoms with E-state index in [1.807, 2.05) is 12.1 Å². The summed E-state index contributed by atoms with van der Waals surface area (Å²) in [6, 6.07) is 3.86. The van der Waals surface area contributed by atoms with Crippen molar-refractivity contribution in [2.24, 2.45) is 5.73 Å². The lowest BCUT2D eigenvalue weighted by Crippen LogP contribution is -2.12. The first-order valence-electron chi connectivity index (χ1n) is 6.31. The van der Waals surface area contributed by atoms with Crippen molar-refractivity contribution in [3.8, 4) is 11.5 Å². The van der Waals surface area contributed by atoms with Crippen LogP contribution in [-0.4, -0.2) is 14.2 Å². The molecular formula is C14H22BrNO2. The van der Waals surface area contributed by atoms with Crippen LogP contribution < -0.4 is 15.2 Å². The minimum Gasteiger partial charge on any atom is -0.496 e. The molecule has 1 aromatic carbocycles. The number of hydrogen-bond donors (Lipinski definition) is 1. The Morgan fingerprint density at radius 2 is 1.83 bits per heavy atom.